The van der Waals surface area contributed by atoms with Gasteiger partial charge in [-0.05, 0) is 39.3 Å². The molecule has 0 unspecified atom stereocenters. The van der Waals surface area contributed by atoms with Crippen LogP contribution in [0.25, 0.3) is 0 Å². The quantitative estimate of drug-likeness (QED) is 0.580. The SMILES string of the molecule is CC(C)(C)OC(=O)NCCCNc1cc(Cl)c(Cl)cc1Cl. The first-order chi connectivity index (χ1) is 9.69. The summed E-state index contributed by atoms with van der Waals surface area (Å²) in [5, 5.41) is 7.18. The van der Waals surface area contributed by atoms with Crippen LogP contribution in [0, 0.1) is 0 Å². The van der Waals surface area contributed by atoms with Crippen LogP contribution in [-0.2, 0) is 4.74 Å². The highest BCUT2D eigenvalue weighted by Crippen LogP contribution is 2.32. The zero-order valence-electron chi connectivity index (χ0n) is 12.2. The number of hydrogen-bond donors (Lipinski definition) is 2. The van der Waals surface area contributed by atoms with Crippen LogP contribution < -0.4 is 10.6 Å². The Labute approximate surface area is 140 Å². The fraction of sp³-hybridized carbons (Fsp3) is 0.500. The van der Waals surface area contributed by atoms with E-state index in [1.807, 2.05) is 20.8 Å². The molecular formula is C14H19Cl3N2O2. The van der Waals surface area contributed by atoms with E-state index in [9.17, 15) is 4.79 Å². The molecule has 7 heteroatoms. The zero-order valence-corrected chi connectivity index (χ0v) is 14.5. The van der Waals surface area contributed by atoms with E-state index in [-0.39, 0.29) is 0 Å². The fourth-order valence-electron chi connectivity index (χ4n) is 1.47. The Kier molecular flexibility index (Phi) is 6.91. The van der Waals surface area contributed by atoms with Gasteiger partial charge in [0.1, 0.15) is 5.60 Å². The van der Waals surface area contributed by atoms with E-state index in [1.165, 1.54) is 0 Å². The van der Waals surface area contributed by atoms with E-state index in [1.54, 1.807) is 12.1 Å². The van der Waals surface area contributed by atoms with Gasteiger partial charge < -0.3 is 15.4 Å². The first-order valence-corrected chi connectivity index (χ1v) is 7.68. The van der Waals surface area contributed by atoms with Gasteiger partial charge in [-0.25, -0.2) is 4.79 Å². The maximum atomic E-state index is 11.4. The molecule has 0 fully saturated rings. The van der Waals surface area contributed by atoms with Crippen LogP contribution >= 0.6 is 34.8 Å². The molecule has 1 aromatic carbocycles. The third kappa shape index (κ3) is 7.11. The molecule has 0 spiro atoms. The lowest BCUT2D eigenvalue weighted by atomic mass is 10.2. The molecule has 1 rings (SSSR count). The monoisotopic (exact) mass is 352 g/mol. The van der Waals surface area contributed by atoms with Gasteiger partial charge >= 0.3 is 6.09 Å². The average Bonchev–Trinajstić information content (AvgIpc) is 2.32. The summed E-state index contributed by atoms with van der Waals surface area (Å²) in [6.45, 7) is 6.59. The van der Waals surface area contributed by atoms with Gasteiger partial charge in [-0.1, -0.05) is 34.8 Å². The summed E-state index contributed by atoms with van der Waals surface area (Å²) < 4.78 is 5.13. The van der Waals surface area contributed by atoms with Crippen molar-refractivity contribution in [2.45, 2.75) is 32.8 Å². The lowest BCUT2D eigenvalue weighted by molar-refractivity contribution is 0.0528. The molecule has 0 aromatic heterocycles. The highest BCUT2D eigenvalue weighted by Gasteiger charge is 2.15. The molecule has 0 saturated carbocycles. The Morgan fingerprint density at radius 2 is 1.71 bits per heavy atom. The number of hydrogen-bond acceptors (Lipinski definition) is 3. The molecule has 0 heterocycles. The number of ether oxygens (including phenoxy) is 1. The predicted molar refractivity (Wildman–Crippen MR) is 88.8 cm³/mol. The smallest absolute Gasteiger partial charge is 0.407 e. The summed E-state index contributed by atoms with van der Waals surface area (Å²) in [7, 11) is 0. The summed E-state index contributed by atoms with van der Waals surface area (Å²) >= 11 is 17.8. The third-order valence-electron chi connectivity index (χ3n) is 2.35. The molecule has 0 atom stereocenters. The second-order valence-electron chi connectivity index (χ2n) is 5.46. The number of carbonyl (C=O) groups is 1. The fourth-order valence-corrected chi connectivity index (χ4v) is 2.09. The number of benzene rings is 1. The van der Waals surface area contributed by atoms with Gasteiger partial charge in [0, 0.05) is 13.1 Å². The molecule has 118 valence electrons. The second-order valence-corrected chi connectivity index (χ2v) is 6.68. The standard InChI is InChI=1S/C14H19Cl3N2O2/c1-14(2,3)21-13(20)19-6-4-5-18-12-8-10(16)9(15)7-11(12)17/h7-8,18H,4-6H2,1-3H3,(H,19,20). The Hall–Kier alpha value is -0.840. The molecule has 0 aliphatic rings. The van der Waals surface area contributed by atoms with Gasteiger partial charge in [-0.2, -0.15) is 0 Å². The first kappa shape index (κ1) is 18.2. The second kappa shape index (κ2) is 7.97. The minimum Gasteiger partial charge on any atom is -0.444 e. The lowest BCUT2D eigenvalue weighted by Crippen LogP contribution is -2.33. The van der Waals surface area contributed by atoms with Gasteiger partial charge in [0.25, 0.3) is 0 Å². The van der Waals surface area contributed by atoms with Crippen LogP contribution in [0.1, 0.15) is 27.2 Å². The molecule has 4 nitrogen and oxygen atoms in total. The highest BCUT2D eigenvalue weighted by atomic mass is 35.5. The van der Waals surface area contributed by atoms with Crippen molar-refractivity contribution in [3.8, 4) is 0 Å². The normalized spacial score (nSPS) is 11.1. The van der Waals surface area contributed by atoms with Crippen LogP contribution in [0.5, 0.6) is 0 Å². The Bertz CT molecular complexity index is 502. The zero-order chi connectivity index (χ0) is 16.0. The van der Waals surface area contributed by atoms with Crippen LogP contribution in [0.4, 0.5) is 10.5 Å². The number of halogens is 3. The third-order valence-corrected chi connectivity index (χ3v) is 3.38. The summed E-state index contributed by atoms with van der Waals surface area (Å²) in [5.41, 5.74) is 0.221. The summed E-state index contributed by atoms with van der Waals surface area (Å²) in [6.07, 6.45) is 0.297. The molecule has 0 bridgehead atoms. The van der Waals surface area contributed by atoms with Crippen molar-refractivity contribution >= 4 is 46.6 Å². The van der Waals surface area contributed by atoms with Crippen molar-refractivity contribution in [2.75, 3.05) is 18.4 Å². The molecule has 0 saturated heterocycles. The first-order valence-electron chi connectivity index (χ1n) is 6.54. The molecular weight excluding hydrogens is 335 g/mol. The van der Waals surface area contributed by atoms with Gasteiger partial charge in [0.15, 0.2) is 0 Å². The minimum absolute atomic E-state index is 0.416. The Morgan fingerprint density at radius 3 is 2.33 bits per heavy atom. The predicted octanol–water partition coefficient (Wildman–Crippen LogP) is 4.97. The van der Waals surface area contributed by atoms with Crippen LogP contribution in [0.15, 0.2) is 12.1 Å². The van der Waals surface area contributed by atoms with Crippen molar-refractivity contribution in [3.63, 3.8) is 0 Å². The number of alkyl carbamates (subject to hydrolysis) is 1. The van der Waals surface area contributed by atoms with E-state index in [0.717, 1.165) is 6.42 Å². The van der Waals surface area contributed by atoms with Crippen LogP contribution in [-0.4, -0.2) is 24.8 Å². The number of amides is 1. The lowest BCUT2D eigenvalue weighted by Gasteiger charge is -2.19. The van der Waals surface area contributed by atoms with E-state index >= 15 is 0 Å². The molecule has 0 aliphatic heterocycles. The van der Waals surface area contributed by atoms with Crippen molar-refractivity contribution in [2.24, 2.45) is 0 Å². The maximum Gasteiger partial charge on any atom is 0.407 e. The highest BCUT2D eigenvalue weighted by molar-refractivity contribution is 6.44. The van der Waals surface area contributed by atoms with E-state index in [0.29, 0.717) is 33.8 Å². The van der Waals surface area contributed by atoms with Crippen LogP contribution in [0.2, 0.25) is 15.1 Å². The van der Waals surface area contributed by atoms with Gasteiger partial charge in [0.2, 0.25) is 0 Å². The van der Waals surface area contributed by atoms with E-state index in [4.69, 9.17) is 39.5 Å². The molecule has 0 aliphatic carbocycles. The molecule has 21 heavy (non-hydrogen) atoms. The van der Waals surface area contributed by atoms with Crippen molar-refractivity contribution < 1.29 is 9.53 Å². The molecule has 1 aromatic rings. The van der Waals surface area contributed by atoms with E-state index in [2.05, 4.69) is 10.6 Å². The molecule has 2 N–H and O–H groups in total. The number of anilines is 1. The molecule has 0 radical (unpaired) electrons. The van der Waals surface area contributed by atoms with E-state index < -0.39 is 11.7 Å². The largest absolute Gasteiger partial charge is 0.444 e. The number of nitrogens with one attached hydrogen (secondary N) is 2. The van der Waals surface area contributed by atoms with Crippen molar-refractivity contribution in [1.82, 2.24) is 5.32 Å². The molecule has 1 amide bonds. The van der Waals surface area contributed by atoms with Gasteiger partial charge in [0.05, 0.1) is 20.8 Å². The Balaban J connectivity index is 2.29. The van der Waals surface area contributed by atoms with Gasteiger partial charge in [-0.15, -0.1) is 0 Å². The van der Waals surface area contributed by atoms with Gasteiger partial charge in [-0.3, -0.25) is 0 Å². The summed E-state index contributed by atoms with van der Waals surface area (Å²) in [5.74, 6) is 0. The Morgan fingerprint density at radius 1 is 1.10 bits per heavy atom. The average molecular weight is 354 g/mol. The van der Waals surface area contributed by atoms with Crippen molar-refractivity contribution in [1.29, 1.82) is 0 Å². The summed E-state index contributed by atoms with van der Waals surface area (Å²) in [4.78, 5) is 11.4. The van der Waals surface area contributed by atoms with Crippen LogP contribution in [0.3, 0.4) is 0 Å². The summed E-state index contributed by atoms with van der Waals surface area (Å²) in [6, 6.07) is 3.26. The topological polar surface area (TPSA) is 50.4 Å². The number of carbonyl (C=O) groups excluding carboxylic acids is 1. The van der Waals surface area contributed by atoms with Crippen molar-refractivity contribution in [3.05, 3.63) is 27.2 Å². The number of rotatable bonds is 5. The maximum absolute atomic E-state index is 11.4. The minimum atomic E-state index is -0.490.